The molecule has 0 radical (unpaired) electrons. The molecule has 3 nitrogen and oxygen atoms in total. The zero-order chi connectivity index (χ0) is 8.36. The summed E-state index contributed by atoms with van der Waals surface area (Å²) >= 11 is 0. The number of rotatable bonds is 4. The molecule has 0 heterocycles. The van der Waals surface area contributed by atoms with Gasteiger partial charge in [0.1, 0.15) is 0 Å². The molecular formula is C8H13N3. The Morgan fingerprint density at radius 1 is 1.36 bits per heavy atom. The zero-order valence-corrected chi connectivity index (χ0v) is 6.88. The maximum atomic E-state index is 7.92. The second kappa shape index (κ2) is 8.87. The van der Waals surface area contributed by atoms with Crippen LogP contribution >= 0.6 is 0 Å². The first-order valence-electron chi connectivity index (χ1n) is 3.88. The van der Waals surface area contributed by atoms with E-state index in [0.717, 1.165) is 12.8 Å². The minimum atomic E-state index is 0.496. The third-order valence-corrected chi connectivity index (χ3v) is 1.18. The Hall–Kier alpha value is -1.13. The van der Waals surface area contributed by atoms with Gasteiger partial charge in [0.2, 0.25) is 0 Å². The van der Waals surface area contributed by atoms with Gasteiger partial charge in [0.15, 0.2) is 0 Å². The highest BCUT2D eigenvalue weighted by molar-refractivity contribution is 4.98. The predicted molar refractivity (Wildman–Crippen MR) is 45.9 cm³/mol. The van der Waals surface area contributed by atoms with Crippen LogP contribution in [0.2, 0.25) is 0 Å². The van der Waals surface area contributed by atoms with E-state index in [1.807, 2.05) is 0 Å². The van der Waals surface area contributed by atoms with Crippen molar-refractivity contribution in [1.82, 2.24) is 0 Å². The third-order valence-electron chi connectivity index (χ3n) is 1.18. The summed E-state index contributed by atoms with van der Waals surface area (Å²) in [5.41, 5.74) is 7.92. The van der Waals surface area contributed by atoms with Crippen molar-refractivity contribution in [3.63, 3.8) is 0 Å². The molecule has 0 bridgehead atoms. The molecule has 0 rings (SSSR count). The summed E-state index contributed by atoms with van der Waals surface area (Å²) in [4.78, 5) is 2.63. The van der Waals surface area contributed by atoms with E-state index in [1.54, 1.807) is 0 Å². The molecule has 0 saturated heterocycles. The summed E-state index contributed by atoms with van der Waals surface area (Å²) in [6.07, 6.45) is 4.00. The molecule has 11 heavy (non-hydrogen) atoms. The van der Waals surface area contributed by atoms with Gasteiger partial charge in [-0.2, -0.15) is 0 Å². The number of azide groups is 1. The van der Waals surface area contributed by atoms with Crippen LogP contribution in [0.5, 0.6) is 0 Å². The normalized spacial score (nSPS) is 7.73. The number of nitrogens with zero attached hydrogens (tertiary/aromatic N) is 3. The van der Waals surface area contributed by atoms with Crippen LogP contribution in [0.3, 0.4) is 0 Å². The summed E-state index contributed by atoms with van der Waals surface area (Å²) < 4.78 is 0. The first kappa shape index (κ1) is 9.87. The molecule has 0 spiro atoms. The van der Waals surface area contributed by atoms with E-state index in [2.05, 4.69) is 28.8 Å². The molecule has 0 aliphatic carbocycles. The van der Waals surface area contributed by atoms with Crippen LogP contribution in [0, 0.1) is 11.8 Å². The summed E-state index contributed by atoms with van der Waals surface area (Å²) in [7, 11) is 0. The Balaban J connectivity index is 3.18. The van der Waals surface area contributed by atoms with Crippen LogP contribution in [-0.4, -0.2) is 6.54 Å². The summed E-state index contributed by atoms with van der Waals surface area (Å²) in [6, 6.07) is 0. The van der Waals surface area contributed by atoms with Gasteiger partial charge in [-0.25, -0.2) is 0 Å². The van der Waals surface area contributed by atoms with Crippen molar-refractivity contribution in [2.45, 2.75) is 32.6 Å². The second-order valence-corrected chi connectivity index (χ2v) is 2.16. The number of hydrogen-bond acceptors (Lipinski definition) is 1. The van der Waals surface area contributed by atoms with Crippen molar-refractivity contribution < 1.29 is 0 Å². The summed E-state index contributed by atoms with van der Waals surface area (Å²) in [6.45, 7) is 2.64. The molecular weight excluding hydrogens is 138 g/mol. The summed E-state index contributed by atoms with van der Waals surface area (Å²) in [5.74, 6) is 5.95. The molecule has 60 valence electrons. The van der Waals surface area contributed by atoms with E-state index < -0.39 is 0 Å². The minimum Gasteiger partial charge on any atom is -0.103 e. The van der Waals surface area contributed by atoms with Gasteiger partial charge in [-0.3, -0.25) is 0 Å². The second-order valence-electron chi connectivity index (χ2n) is 2.16. The van der Waals surface area contributed by atoms with Gasteiger partial charge >= 0.3 is 0 Å². The zero-order valence-electron chi connectivity index (χ0n) is 6.88. The maximum Gasteiger partial charge on any atom is 0.0367 e. The van der Waals surface area contributed by atoms with E-state index in [4.69, 9.17) is 5.53 Å². The lowest BCUT2D eigenvalue weighted by Crippen LogP contribution is -1.73. The number of unbranched alkanes of at least 4 members (excludes halogenated alkanes) is 2. The van der Waals surface area contributed by atoms with E-state index in [9.17, 15) is 0 Å². The van der Waals surface area contributed by atoms with Gasteiger partial charge in [-0.05, 0) is 12.0 Å². The average molecular weight is 151 g/mol. The van der Waals surface area contributed by atoms with E-state index >= 15 is 0 Å². The monoisotopic (exact) mass is 151 g/mol. The predicted octanol–water partition coefficient (Wildman–Crippen LogP) is 2.88. The number of hydrogen-bond donors (Lipinski definition) is 0. The molecule has 0 aromatic rings. The topological polar surface area (TPSA) is 48.8 Å². The van der Waals surface area contributed by atoms with Crippen molar-refractivity contribution in [1.29, 1.82) is 0 Å². The Labute approximate surface area is 67.4 Å². The first-order valence-corrected chi connectivity index (χ1v) is 3.88. The summed E-state index contributed by atoms with van der Waals surface area (Å²) in [5, 5.41) is 3.37. The van der Waals surface area contributed by atoms with Gasteiger partial charge in [-0.15, -0.1) is 11.8 Å². The molecule has 0 aromatic heterocycles. The SMILES string of the molecule is CCCCC#CCCN=[N+]=[N-]. The van der Waals surface area contributed by atoms with Crippen LogP contribution in [0.4, 0.5) is 0 Å². The van der Waals surface area contributed by atoms with Crippen LogP contribution in [0.25, 0.3) is 10.4 Å². The lowest BCUT2D eigenvalue weighted by molar-refractivity contribution is 0.827. The molecule has 0 unspecified atom stereocenters. The highest BCUT2D eigenvalue weighted by Crippen LogP contribution is 1.90. The van der Waals surface area contributed by atoms with Gasteiger partial charge < -0.3 is 0 Å². The van der Waals surface area contributed by atoms with Crippen LogP contribution in [-0.2, 0) is 0 Å². The minimum absolute atomic E-state index is 0.496. The largest absolute Gasteiger partial charge is 0.103 e. The fourth-order valence-electron chi connectivity index (χ4n) is 0.593. The molecule has 0 N–H and O–H groups in total. The van der Waals surface area contributed by atoms with Gasteiger partial charge in [0.05, 0.1) is 0 Å². The van der Waals surface area contributed by atoms with Gasteiger partial charge in [0, 0.05) is 24.3 Å². The third kappa shape index (κ3) is 8.87. The fourth-order valence-corrected chi connectivity index (χ4v) is 0.593. The Bertz CT molecular complexity index is 181. The van der Waals surface area contributed by atoms with Crippen molar-refractivity contribution in [2.75, 3.05) is 6.54 Å². The molecule has 0 aliphatic heterocycles. The molecule has 0 fully saturated rings. The van der Waals surface area contributed by atoms with E-state index in [-0.39, 0.29) is 0 Å². The van der Waals surface area contributed by atoms with Crippen LogP contribution in [0.15, 0.2) is 5.11 Å². The van der Waals surface area contributed by atoms with E-state index in [0.29, 0.717) is 13.0 Å². The molecule has 0 saturated carbocycles. The quantitative estimate of drug-likeness (QED) is 0.195. The van der Waals surface area contributed by atoms with Crippen molar-refractivity contribution in [2.24, 2.45) is 5.11 Å². The fraction of sp³-hybridized carbons (Fsp3) is 0.750. The van der Waals surface area contributed by atoms with Crippen LogP contribution in [0.1, 0.15) is 32.6 Å². The first-order chi connectivity index (χ1) is 5.41. The maximum absolute atomic E-state index is 7.92. The smallest absolute Gasteiger partial charge is 0.0367 e. The highest BCUT2D eigenvalue weighted by Gasteiger charge is 1.76. The lowest BCUT2D eigenvalue weighted by atomic mass is 10.2. The Kier molecular flexibility index (Phi) is 7.96. The standard InChI is InChI=1S/C8H13N3/c1-2-3-4-5-6-7-8-10-11-9/h2-4,7-8H2,1H3. The van der Waals surface area contributed by atoms with Crippen LogP contribution < -0.4 is 0 Å². The molecule has 0 amide bonds. The Morgan fingerprint density at radius 2 is 2.09 bits per heavy atom. The molecule has 0 aliphatic rings. The molecule has 3 heteroatoms. The molecule has 0 aromatic carbocycles. The lowest BCUT2D eigenvalue weighted by Gasteiger charge is -1.83. The van der Waals surface area contributed by atoms with Crippen molar-refractivity contribution in [3.05, 3.63) is 10.4 Å². The van der Waals surface area contributed by atoms with Crippen molar-refractivity contribution in [3.8, 4) is 11.8 Å². The van der Waals surface area contributed by atoms with E-state index in [1.165, 1.54) is 6.42 Å². The Morgan fingerprint density at radius 3 is 2.73 bits per heavy atom. The highest BCUT2D eigenvalue weighted by atomic mass is 15.1. The average Bonchev–Trinajstić information content (AvgIpc) is 2.03. The van der Waals surface area contributed by atoms with Gasteiger partial charge in [-0.1, -0.05) is 18.5 Å². The van der Waals surface area contributed by atoms with Crippen molar-refractivity contribution >= 4 is 0 Å². The van der Waals surface area contributed by atoms with Gasteiger partial charge in [0.25, 0.3) is 0 Å². The molecule has 0 atom stereocenters.